The van der Waals surface area contributed by atoms with Gasteiger partial charge in [0.1, 0.15) is 34.9 Å². The SMILES string of the molecule is C=C/C=C(C=O)\C(=C/C)C1(O)c2ccc(OC(=O)C(C)C)cc2Oc2cc(OC(=O)C(C)C)ccc21. The van der Waals surface area contributed by atoms with Crippen molar-refractivity contribution in [1.82, 2.24) is 0 Å². The predicted molar refractivity (Wildman–Crippen MR) is 135 cm³/mol. The number of aldehydes is 1. The first kappa shape index (κ1) is 26.6. The topological polar surface area (TPSA) is 99.1 Å². The number of allylic oxidation sites excluding steroid dienone is 3. The number of carbonyl (C=O) groups is 3. The van der Waals surface area contributed by atoms with Gasteiger partial charge in [-0.05, 0) is 36.8 Å². The van der Waals surface area contributed by atoms with Crippen molar-refractivity contribution in [2.45, 2.75) is 40.2 Å². The first-order valence-electron chi connectivity index (χ1n) is 11.6. The normalized spacial score (nSPS) is 14.4. The molecular formula is C29H30O7. The molecule has 0 aromatic heterocycles. The molecule has 0 atom stereocenters. The minimum Gasteiger partial charge on any atom is -0.456 e. The number of benzene rings is 2. The van der Waals surface area contributed by atoms with Crippen LogP contribution in [0.4, 0.5) is 0 Å². The van der Waals surface area contributed by atoms with Crippen LogP contribution in [-0.2, 0) is 20.0 Å². The van der Waals surface area contributed by atoms with Gasteiger partial charge in [0.15, 0.2) is 0 Å². The van der Waals surface area contributed by atoms with Crippen LogP contribution < -0.4 is 14.2 Å². The third-order valence-corrected chi connectivity index (χ3v) is 5.70. The van der Waals surface area contributed by atoms with Crippen molar-refractivity contribution >= 4 is 18.2 Å². The highest BCUT2D eigenvalue weighted by Gasteiger charge is 2.45. The summed E-state index contributed by atoms with van der Waals surface area (Å²) in [5, 5.41) is 12.3. The average molecular weight is 491 g/mol. The molecule has 0 saturated carbocycles. The predicted octanol–water partition coefficient (Wildman–Crippen LogP) is 5.41. The largest absolute Gasteiger partial charge is 0.456 e. The van der Waals surface area contributed by atoms with E-state index in [1.54, 1.807) is 65.0 Å². The molecule has 1 aliphatic heterocycles. The van der Waals surface area contributed by atoms with E-state index in [1.165, 1.54) is 24.3 Å². The van der Waals surface area contributed by atoms with Crippen molar-refractivity contribution in [1.29, 1.82) is 0 Å². The highest BCUT2D eigenvalue weighted by atomic mass is 16.5. The number of ether oxygens (including phenoxy) is 3. The Bertz CT molecular complexity index is 1190. The number of rotatable bonds is 8. The second-order valence-corrected chi connectivity index (χ2v) is 8.96. The molecule has 1 heterocycles. The Kier molecular flexibility index (Phi) is 7.95. The van der Waals surface area contributed by atoms with Crippen molar-refractivity contribution < 1.29 is 33.7 Å². The molecule has 7 heteroatoms. The van der Waals surface area contributed by atoms with Crippen molar-refractivity contribution in [3.8, 4) is 23.0 Å². The van der Waals surface area contributed by atoms with E-state index in [1.807, 2.05) is 0 Å². The minimum absolute atomic E-state index is 0.217. The second kappa shape index (κ2) is 10.7. The fourth-order valence-corrected chi connectivity index (χ4v) is 3.82. The van der Waals surface area contributed by atoms with Crippen LogP contribution in [0.25, 0.3) is 0 Å². The zero-order valence-electron chi connectivity index (χ0n) is 21.0. The lowest BCUT2D eigenvalue weighted by molar-refractivity contribution is -0.138. The molecule has 3 rings (SSSR count). The van der Waals surface area contributed by atoms with Crippen LogP contribution in [0, 0.1) is 11.8 Å². The summed E-state index contributed by atoms with van der Waals surface area (Å²) in [6.45, 7) is 12.2. The lowest BCUT2D eigenvalue weighted by Gasteiger charge is -2.38. The molecule has 7 nitrogen and oxygen atoms in total. The van der Waals surface area contributed by atoms with Crippen molar-refractivity contribution in [2.75, 3.05) is 0 Å². The molecule has 188 valence electrons. The fourth-order valence-electron chi connectivity index (χ4n) is 3.82. The van der Waals surface area contributed by atoms with Crippen molar-refractivity contribution in [2.24, 2.45) is 11.8 Å². The van der Waals surface area contributed by atoms with Crippen molar-refractivity contribution in [3.63, 3.8) is 0 Å². The van der Waals surface area contributed by atoms with E-state index in [-0.39, 0.29) is 40.4 Å². The van der Waals surface area contributed by atoms with Crippen LogP contribution in [-0.4, -0.2) is 23.3 Å². The number of aliphatic hydroxyl groups is 1. The molecule has 0 aliphatic carbocycles. The molecular weight excluding hydrogens is 460 g/mol. The van der Waals surface area contributed by atoms with Gasteiger partial charge in [0.2, 0.25) is 0 Å². The van der Waals surface area contributed by atoms with E-state index in [0.717, 1.165) is 0 Å². The molecule has 1 aliphatic rings. The monoisotopic (exact) mass is 490 g/mol. The molecule has 0 amide bonds. The first-order chi connectivity index (χ1) is 17.1. The zero-order valence-corrected chi connectivity index (χ0v) is 21.0. The maximum atomic E-state index is 12.3. The molecule has 0 spiro atoms. The maximum absolute atomic E-state index is 12.3. The summed E-state index contributed by atoms with van der Waals surface area (Å²) in [7, 11) is 0. The van der Waals surface area contributed by atoms with Crippen LogP contribution in [0.2, 0.25) is 0 Å². The summed E-state index contributed by atoms with van der Waals surface area (Å²) in [5.74, 6) is -0.617. The molecule has 0 fully saturated rings. The van der Waals surface area contributed by atoms with E-state index in [9.17, 15) is 19.5 Å². The summed E-state index contributed by atoms with van der Waals surface area (Å²) < 4.78 is 17.0. The smallest absolute Gasteiger partial charge is 0.313 e. The van der Waals surface area contributed by atoms with Crippen LogP contribution in [0.3, 0.4) is 0 Å². The Morgan fingerprint density at radius 3 is 1.78 bits per heavy atom. The Labute approximate surface area is 210 Å². The Balaban J connectivity index is 2.23. The third kappa shape index (κ3) is 5.02. The lowest BCUT2D eigenvalue weighted by atomic mass is 9.75. The van der Waals surface area contributed by atoms with E-state index in [2.05, 4.69) is 6.58 Å². The van der Waals surface area contributed by atoms with Gasteiger partial charge in [-0.3, -0.25) is 14.4 Å². The minimum atomic E-state index is -1.81. The number of esters is 2. The van der Waals surface area contributed by atoms with Gasteiger partial charge in [0.05, 0.1) is 11.8 Å². The van der Waals surface area contributed by atoms with E-state index < -0.39 is 17.5 Å². The summed E-state index contributed by atoms with van der Waals surface area (Å²) >= 11 is 0. The van der Waals surface area contributed by atoms with Gasteiger partial charge in [-0.2, -0.15) is 0 Å². The molecule has 2 aromatic carbocycles. The number of hydrogen-bond acceptors (Lipinski definition) is 7. The first-order valence-corrected chi connectivity index (χ1v) is 11.6. The fraction of sp³-hybridized carbons (Fsp3) is 0.276. The van der Waals surface area contributed by atoms with Crippen molar-refractivity contribution in [3.05, 3.63) is 83.5 Å². The molecule has 36 heavy (non-hydrogen) atoms. The number of fused-ring (bicyclic) bond motifs is 2. The van der Waals surface area contributed by atoms with Gasteiger partial charge in [0.25, 0.3) is 0 Å². The number of carbonyl (C=O) groups excluding carboxylic acids is 3. The molecule has 0 radical (unpaired) electrons. The van der Waals surface area contributed by atoms with E-state index in [4.69, 9.17) is 14.2 Å². The summed E-state index contributed by atoms with van der Waals surface area (Å²) in [6.07, 6.45) is 5.25. The van der Waals surface area contributed by atoms with Crippen LogP contribution in [0.1, 0.15) is 45.7 Å². The molecule has 0 unspecified atom stereocenters. The Morgan fingerprint density at radius 2 is 1.42 bits per heavy atom. The Hall–Kier alpha value is -3.97. The maximum Gasteiger partial charge on any atom is 0.313 e. The standard InChI is InChI=1S/C29H30O7/c1-7-9-19(16-30)22(8-2)29(33)23-12-10-20(34-27(31)17(3)4)14-25(23)36-26-15-21(11-13-24(26)29)35-28(32)18(5)6/h7-18,33H,1H2,2-6H3/b19-9-,22-8+. The quantitative estimate of drug-likeness (QED) is 0.174. The van der Waals surface area contributed by atoms with Gasteiger partial charge in [-0.15, -0.1) is 0 Å². The van der Waals surface area contributed by atoms with Crippen LogP contribution in [0.15, 0.2) is 72.4 Å². The lowest BCUT2D eigenvalue weighted by Crippen LogP contribution is -2.34. The number of hydrogen-bond donors (Lipinski definition) is 1. The summed E-state index contributed by atoms with van der Waals surface area (Å²) in [6, 6.07) is 9.30. The average Bonchev–Trinajstić information content (AvgIpc) is 2.83. The van der Waals surface area contributed by atoms with E-state index in [0.29, 0.717) is 23.0 Å². The summed E-state index contributed by atoms with van der Waals surface area (Å²) in [4.78, 5) is 36.2. The second-order valence-electron chi connectivity index (χ2n) is 8.96. The Morgan fingerprint density at radius 1 is 0.944 bits per heavy atom. The van der Waals surface area contributed by atoms with Gasteiger partial charge in [-0.25, -0.2) is 0 Å². The highest BCUT2D eigenvalue weighted by Crippen LogP contribution is 2.53. The molecule has 0 bridgehead atoms. The third-order valence-electron chi connectivity index (χ3n) is 5.70. The summed E-state index contributed by atoms with van der Waals surface area (Å²) in [5.41, 5.74) is -0.594. The van der Waals surface area contributed by atoms with Gasteiger partial charge >= 0.3 is 11.9 Å². The van der Waals surface area contributed by atoms with Crippen LogP contribution >= 0.6 is 0 Å². The van der Waals surface area contributed by atoms with Gasteiger partial charge in [-0.1, -0.05) is 52.5 Å². The van der Waals surface area contributed by atoms with E-state index >= 15 is 0 Å². The van der Waals surface area contributed by atoms with Crippen LogP contribution in [0.5, 0.6) is 23.0 Å². The molecule has 2 aromatic rings. The molecule has 0 saturated heterocycles. The van der Waals surface area contributed by atoms with Gasteiger partial charge < -0.3 is 19.3 Å². The molecule has 1 N–H and O–H groups in total. The zero-order chi connectivity index (χ0) is 26.6. The highest BCUT2D eigenvalue weighted by molar-refractivity contribution is 5.84. The van der Waals surface area contributed by atoms with Gasteiger partial charge in [0, 0.05) is 28.8 Å².